The number of phenolic OH excluding ortho intramolecular Hbond substituents is 1. The van der Waals surface area contributed by atoms with Gasteiger partial charge in [-0.1, -0.05) is 173 Å². The highest BCUT2D eigenvalue weighted by Gasteiger charge is 2.02. The van der Waals surface area contributed by atoms with Crippen LogP contribution >= 0.6 is 0 Å². The molecule has 0 aliphatic heterocycles. The Morgan fingerprint density at radius 3 is 1.29 bits per heavy atom. The molecule has 0 aliphatic carbocycles. The first-order valence-electron chi connectivity index (χ1n) is 19.0. The van der Waals surface area contributed by atoms with Crippen LogP contribution < -0.4 is 4.74 Å². The molecule has 0 amide bonds. The number of carbonyl (C=O) groups excluding carboxylic acids is 1. The molecule has 0 atom stereocenters. The number of methoxy groups -OCH3 is 1. The minimum absolute atomic E-state index is 0.0792. The van der Waals surface area contributed by atoms with Gasteiger partial charge in [-0.3, -0.25) is 0 Å². The van der Waals surface area contributed by atoms with Gasteiger partial charge in [0.25, 0.3) is 0 Å². The molecule has 0 bridgehead atoms. The van der Waals surface area contributed by atoms with E-state index in [0.29, 0.717) is 19.0 Å². The number of phenols is 1. The maximum Gasteiger partial charge on any atom is 0.330 e. The molecule has 0 aliphatic rings. The first-order chi connectivity index (χ1) is 22.2. The first-order valence-corrected chi connectivity index (χ1v) is 19.0. The van der Waals surface area contributed by atoms with Crippen LogP contribution in [0.25, 0.3) is 6.08 Å². The molecule has 0 saturated carbocycles. The van der Waals surface area contributed by atoms with E-state index in [1.165, 1.54) is 174 Å². The summed E-state index contributed by atoms with van der Waals surface area (Å²) in [7, 11) is 1.50. The highest BCUT2D eigenvalue weighted by molar-refractivity contribution is 5.87. The molecule has 0 unspecified atom stereocenters. The van der Waals surface area contributed by atoms with Gasteiger partial charge in [0.2, 0.25) is 0 Å². The van der Waals surface area contributed by atoms with Crippen molar-refractivity contribution in [1.29, 1.82) is 0 Å². The van der Waals surface area contributed by atoms with Crippen molar-refractivity contribution in [1.82, 2.24) is 0 Å². The first kappa shape index (κ1) is 41.0. The van der Waals surface area contributed by atoms with E-state index in [1.54, 1.807) is 24.3 Å². The van der Waals surface area contributed by atoms with Crippen molar-refractivity contribution in [3.05, 3.63) is 29.8 Å². The molecule has 5 nitrogen and oxygen atoms in total. The topological polar surface area (TPSA) is 76.0 Å². The van der Waals surface area contributed by atoms with Gasteiger partial charge in [-0.25, -0.2) is 4.79 Å². The molecule has 1 rings (SSSR count). The fraction of sp³-hybridized carbons (Fsp3) is 0.775. The molecule has 0 spiro atoms. The Labute approximate surface area is 277 Å². The lowest BCUT2D eigenvalue weighted by Gasteiger charge is -2.05. The molecule has 0 heterocycles. The summed E-state index contributed by atoms with van der Waals surface area (Å²) in [5, 5.41) is 18.4. The number of ether oxygens (including phenoxy) is 2. The SMILES string of the molecule is COc1cc(C=CC(=O)OCCCCCCCCCCCCCCCCCCCCCCCCCCCCCCO)ccc1O. The predicted molar refractivity (Wildman–Crippen MR) is 191 cm³/mol. The van der Waals surface area contributed by atoms with Gasteiger partial charge in [-0.2, -0.15) is 0 Å². The highest BCUT2D eigenvalue weighted by Crippen LogP contribution is 2.26. The van der Waals surface area contributed by atoms with E-state index in [0.717, 1.165) is 24.8 Å². The van der Waals surface area contributed by atoms with Gasteiger partial charge in [0, 0.05) is 12.7 Å². The fourth-order valence-electron chi connectivity index (χ4n) is 5.99. The van der Waals surface area contributed by atoms with Crippen LogP contribution in [0.1, 0.15) is 185 Å². The van der Waals surface area contributed by atoms with Crippen LogP contribution in [0.4, 0.5) is 0 Å². The second kappa shape index (κ2) is 32.0. The van der Waals surface area contributed by atoms with E-state index >= 15 is 0 Å². The Kier molecular flexibility index (Phi) is 29.1. The number of esters is 1. The minimum Gasteiger partial charge on any atom is -0.504 e. The summed E-state index contributed by atoms with van der Waals surface area (Å²) in [5.74, 6) is 0.127. The van der Waals surface area contributed by atoms with Gasteiger partial charge in [0.15, 0.2) is 11.5 Å². The van der Waals surface area contributed by atoms with Crippen LogP contribution in [0.3, 0.4) is 0 Å². The maximum absolute atomic E-state index is 11.9. The number of rotatable bonds is 33. The van der Waals surface area contributed by atoms with E-state index in [4.69, 9.17) is 14.6 Å². The third-order valence-corrected chi connectivity index (χ3v) is 8.91. The van der Waals surface area contributed by atoms with Gasteiger partial charge in [-0.05, 0) is 36.6 Å². The zero-order valence-electron chi connectivity index (χ0n) is 29.2. The normalized spacial score (nSPS) is 11.4. The number of carbonyl (C=O) groups is 1. The van der Waals surface area contributed by atoms with Gasteiger partial charge < -0.3 is 19.7 Å². The number of aliphatic hydroxyl groups excluding tert-OH is 1. The second-order valence-electron chi connectivity index (χ2n) is 13.1. The Hall–Kier alpha value is -2.01. The van der Waals surface area contributed by atoms with Crippen LogP contribution in [0.5, 0.6) is 11.5 Å². The second-order valence-corrected chi connectivity index (χ2v) is 13.1. The van der Waals surface area contributed by atoms with E-state index in [9.17, 15) is 9.90 Å². The lowest BCUT2D eigenvalue weighted by molar-refractivity contribution is -0.137. The monoisotopic (exact) mass is 631 g/mol. The lowest BCUT2D eigenvalue weighted by Crippen LogP contribution is -2.02. The zero-order chi connectivity index (χ0) is 32.5. The Bertz CT molecular complexity index is 821. The average molecular weight is 631 g/mol. The van der Waals surface area contributed by atoms with Crippen LogP contribution in [-0.2, 0) is 9.53 Å². The van der Waals surface area contributed by atoms with E-state index in [1.807, 2.05) is 0 Å². The van der Waals surface area contributed by atoms with Crippen molar-refractivity contribution < 1.29 is 24.5 Å². The van der Waals surface area contributed by atoms with Crippen LogP contribution in [0, 0.1) is 0 Å². The average Bonchev–Trinajstić information content (AvgIpc) is 3.05. The maximum atomic E-state index is 11.9. The molecule has 0 radical (unpaired) electrons. The van der Waals surface area contributed by atoms with Crippen LogP contribution in [0.2, 0.25) is 0 Å². The van der Waals surface area contributed by atoms with E-state index in [-0.39, 0.29) is 11.7 Å². The Morgan fingerprint density at radius 2 is 0.933 bits per heavy atom. The number of hydrogen-bond acceptors (Lipinski definition) is 5. The minimum atomic E-state index is -0.335. The number of benzene rings is 1. The van der Waals surface area contributed by atoms with Gasteiger partial charge in [-0.15, -0.1) is 0 Å². The molecule has 260 valence electrons. The van der Waals surface area contributed by atoms with Crippen molar-refractivity contribution in [3.8, 4) is 11.5 Å². The summed E-state index contributed by atoms with van der Waals surface area (Å²) >= 11 is 0. The molecule has 1 aromatic rings. The Morgan fingerprint density at radius 1 is 0.578 bits per heavy atom. The fourth-order valence-corrected chi connectivity index (χ4v) is 5.99. The van der Waals surface area contributed by atoms with Crippen molar-refractivity contribution in [2.75, 3.05) is 20.3 Å². The summed E-state index contributed by atoms with van der Waals surface area (Å²) in [6.07, 6.45) is 40.8. The number of aliphatic hydroxyl groups is 1. The van der Waals surface area contributed by atoms with Gasteiger partial charge in [0.1, 0.15) is 0 Å². The molecular weight excluding hydrogens is 560 g/mol. The molecule has 5 heteroatoms. The molecule has 0 aromatic heterocycles. The summed E-state index contributed by atoms with van der Waals surface area (Å²) in [5.41, 5.74) is 0.777. The molecule has 2 N–H and O–H groups in total. The molecule has 0 fully saturated rings. The summed E-state index contributed by atoms with van der Waals surface area (Å²) < 4.78 is 10.4. The third-order valence-electron chi connectivity index (χ3n) is 8.91. The van der Waals surface area contributed by atoms with Crippen molar-refractivity contribution >= 4 is 12.0 Å². The summed E-state index contributed by atoms with van der Waals surface area (Å²) in [6, 6.07) is 4.95. The molecule has 1 aromatic carbocycles. The highest BCUT2D eigenvalue weighted by atomic mass is 16.5. The van der Waals surface area contributed by atoms with E-state index in [2.05, 4.69) is 0 Å². The molecular formula is C40H70O5. The third kappa shape index (κ3) is 26.9. The molecule has 45 heavy (non-hydrogen) atoms. The Balaban J connectivity index is 1.72. The zero-order valence-corrected chi connectivity index (χ0v) is 29.2. The number of aromatic hydroxyl groups is 1. The van der Waals surface area contributed by atoms with Gasteiger partial charge >= 0.3 is 5.97 Å². The van der Waals surface area contributed by atoms with Crippen LogP contribution in [-0.4, -0.2) is 36.5 Å². The lowest BCUT2D eigenvalue weighted by atomic mass is 10.0. The van der Waals surface area contributed by atoms with Crippen molar-refractivity contribution in [2.45, 2.75) is 180 Å². The summed E-state index contributed by atoms with van der Waals surface area (Å²) in [4.78, 5) is 11.9. The van der Waals surface area contributed by atoms with Gasteiger partial charge in [0.05, 0.1) is 13.7 Å². The van der Waals surface area contributed by atoms with E-state index < -0.39 is 0 Å². The predicted octanol–water partition coefficient (Wildman–Crippen LogP) is 11.9. The quantitative estimate of drug-likeness (QED) is 0.0459. The largest absolute Gasteiger partial charge is 0.504 e. The van der Waals surface area contributed by atoms with Crippen molar-refractivity contribution in [3.63, 3.8) is 0 Å². The summed E-state index contributed by atoms with van der Waals surface area (Å²) in [6.45, 7) is 0.830. The number of hydrogen-bond donors (Lipinski definition) is 2. The van der Waals surface area contributed by atoms with Crippen molar-refractivity contribution in [2.24, 2.45) is 0 Å². The number of unbranched alkanes of at least 4 members (excludes halogenated alkanes) is 27. The molecule has 0 saturated heterocycles. The van der Waals surface area contributed by atoms with Crippen LogP contribution in [0.15, 0.2) is 24.3 Å². The smallest absolute Gasteiger partial charge is 0.330 e. The standard InChI is InChI=1S/C40H70O5/c1-44-39-36-37(30-32-38(39)42)31-33-40(43)45-35-29-27-25-23-21-19-17-15-13-11-9-7-5-3-2-4-6-8-10-12-14-16-18-20-22-24-26-28-34-41/h30-33,36,41-42H,2-29,34-35H2,1H3.